The molecular formula is C11H14N4O2. The Bertz CT molecular complexity index is 544. The first-order chi connectivity index (χ1) is 8.24. The van der Waals surface area contributed by atoms with Crippen LogP contribution in [0.5, 0.6) is 0 Å². The fraction of sp³-hybridized carbons (Fsp3) is 0.364. The number of nitrogens with zero attached hydrogens (tertiary/aromatic N) is 4. The van der Waals surface area contributed by atoms with E-state index in [1.54, 1.807) is 20.4 Å². The molecule has 0 bridgehead atoms. The van der Waals surface area contributed by atoms with E-state index in [-0.39, 0.29) is 5.69 Å². The van der Waals surface area contributed by atoms with Crippen LogP contribution in [0.25, 0.3) is 11.5 Å². The molecule has 0 aliphatic heterocycles. The van der Waals surface area contributed by atoms with Crippen molar-refractivity contribution in [3.63, 3.8) is 0 Å². The molecule has 0 aromatic carbocycles. The van der Waals surface area contributed by atoms with Crippen molar-refractivity contribution in [1.82, 2.24) is 19.3 Å². The van der Waals surface area contributed by atoms with Crippen LogP contribution in [0.2, 0.25) is 0 Å². The normalized spacial score (nSPS) is 10.7. The molecule has 0 fully saturated rings. The Kier molecular flexibility index (Phi) is 3.34. The molecule has 6 nitrogen and oxygen atoms in total. The Morgan fingerprint density at radius 2 is 2.24 bits per heavy atom. The number of pyridine rings is 1. The van der Waals surface area contributed by atoms with Gasteiger partial charge in [0.05, 0.1) is 13.2 Å². The van der Waals surface area contributed by atoms with Crippen molar-refractivity contribution in [2.24, 2.45) is 7.05 Å². The minimum Gasteiger partial charge on any atom is -0.383 e. The Morgan fingerprint density at radius 3 is 2.88 bits per heavy atom. The summed E-state index contributed by atoms with van der Waals surface area (Å²) >= 11 is 0. The zero-order valence-electron chi connectivity index (χ0n) is 9.83. The highest BCUT2D eigenvalue weighted by atomic mass is 16.5. The van der Waals surface area contributed by atoms with Crippen LogP contribution in [0, 0.1) is 0 Å². The maximum atomic E-state index is 11.8. The molecule has 0 amide bonds. The van der Waals surface area contributed by atoms with E-state index in [1.807, 2.05) is 18.2 Å². The predicted octanol–water partition coefficient (Wildman–Crippen LogP) is 0.290. The monoisotopic (exact) mass is 234 g/mol. The average Bonchev–Trinajstić information content (AvgIpc) is 2.65. The topological polar surface area (TPSA) is 61.9 Å². The summed E-state index contributed by atoms with van der Waals surface area (Å²) in [7, 11) is 3.27. The van der Waals surface area contributed by atoms with Gasteiger partial charge in [-0.2, -0.15) is 0 Å². The number of aromatic nitrogens is 4. The maximum absolute atomic E-state index is 11.8. The second-order valence-corrected chi connectivity index (χ2v) is 3.60. The van der Waals surface area contributed by atoms with Gasteiger partial charge in [-0.15, -0.1) is 5.10 Å². The molecule has 0 aliphatic carbocycles. The van der Waals surface area contributed by atoms with Gasteiger partial charge in [0.1, 0.15) is 5.69 Å². The van der Waals surface area contributed by atoms with E-state index in [0.29, 0.717) is 24.7 Å². The lowest BCUT2D eigenvalue weighted by Crippen LogP contribution is -2.24. The van der Waals surface area contributed by atoms with Gasteiger partial charge in [-0.1, -0.05) is 6.07 Å². The molecule has 17 heavy (non-hydrogen) atoms. The SMILES string of the molecule is COCCn1nc(-c2ccccn2)n(C)c1=O. The third-order valence-electron chi connectivity index (χ3n) is 2.44. The van der Waals surface area contributed by atoms with Crippen molar-refractivity contribution in [3.8, 4) is 11.5 Å². The van der Waals surface area contributed by atoms with Gasteiger partial charge in [-0.25, -0.2) is 9.48 Å². The van der Waals surface area contributed by atoms with Crippen molar-refractivity contribution >= 4 is 0 Å². The Labute approximate surface area is 98.5 Å². The molecule has 2 rings (SSSR count). The number of rotatable bonds is 4. The smallest absolute Gasteiger partial charge is 0.346 e. The molecule has 0 radical (unpaired) electrons. The summed E-state index contributed by atoms with van der Waals surface area (Å²) < 4.78 is 7.80. The van der Waals surface area contributed by atoms with E-state index in [0.717, 1.165) is 0 Å². The fourth-order valence-electron chi connectivity index (χ4n) is 1.53. The summed E-state index contributed by atoms with van der Waals surface area (Å²) in [5, 5.41) is 4.24. The average molecular weight is 234 g/mol. The van der Waals surface area contributed by atoms with Crippen molar-refractivity contribution in [1.29, 1.82) is 0 Å². The first-order valence-electron chi connectivity index (χ1n) is 5.28. The first kappa shape index (κ1) is 11.5. The molecule has 0 saturated carbocycles. The molecule has 6 heteroatoms. The standard InChI is InChI=1S/C11H14N4O2/c1-14-10(9-5-3-4-6-12-9)13-15(11(14)16)7-8-17-2/h3-6H,7-8H2,1-2H3. The zero-order chi connectivity index (χ0) is 12.3. The van der Waals surface area contributed by atoms with Crippen molar-refractivity contribution in [2.45, 2.75) is 6.54 Å². The number of methoxy groups -OCH3 is 1. The van der Waals surface area contributed by atoms with Gasteiger partial charge < -0.3 is 4.74 Å². The van der Waals surface area contributed by atoms with Gasteiger partial charge in [0, 0.05) is 20.4 Å². The molecule has 2 aromatic heterocycles. The summed E-state index contributed by atoms with van der Waals surface area (Å²) in [5.74, 6) is 0.562. The van der Waals surface area contributed by atoms with Gasteiger partial charge >= 0.3 is 5.69 Å². The minimum absolute atomic E-state index is 0.164. The third-order valence-corrected chi connectivity index (χ3v) is 2.44. The first-order valence-corrected chi connectivity index (χ1v) is 5.28. The number of hydrogen-bond donors (Lipinski definition) is 0. The lowest BCUT2D eigenvalue weighted by Gasteiger charge is -1.97. The van der Waals surface area contributed by atoms with E-state index in [4.69, 9.17) is 4.74 Å². The minimum atomic E-state index is -0.164. The van der Waals surface area contributed by atoms with Gasteiger partial charge in [0.15, 0.2) is 5.82 Å². The van der Waals surface area contributed by atoms with Crippen molar-refractivity contribution in [2.75, 3.05) is 13.7 Å². The van der Waals surface area contributed by atoms with Crippen LogP contribution in [0.1, 0.15) is 0 Å². The molecule has 0 saturated heterocycles. The van der Waals surface area contributed by atoms with E-state index >= 15 is 0 Å². The van der Waals surface area contributed by atoms with E-state index in [9.17, 15) is 4.79 Å². The lowest BCUT2D eigenvalue weighted by molar-refractivity contribution is 0.182. The second kappa shape index (κ2) is 4.92. The van der Waals surface area contributed by atoms with Gasteiger partial charge in [-0.05, 0) is 12.1 Å². The highest BCUT2D eigenvalue weighted by Gasteiger charge is 2.12. The largest absolute Gasteiger partial charge is 0.383 e. The number of hydrogen-bond acceptors (Lipinski definition) is 4. The summed E-state index contributed by atoms with van der Waals surface area (Å²) in [6.07, 6.45) is 1.67. The van der Waals surface area contributed by atoms with Crippen molar-refractivity contribution in [3.05, 3.63) is 34.9 Å². The third kappa shape index (κ3) is 2.26. The van der Waals surface area contributed by atoms with Crippen LogP contribution < -0.4 is 5.69 Å². The Morgan fingerprint density at radius 1 is 1.41 bits per heavy atom. The summed E-state index contributed by atoms with van der Waals surface area (Å²) in [5.41, 5.74) is 0.519. The molecule has 2 aromatic rings. The van der Waals surface area contributed by atoms with Crippen LogP contribution in [0.4, 0.5) is 0 Å². The van der Waals surface area contributed by atoms with Crippen LogP contribution >= 0.6 is 0 Å². The summed E-state index contributed by atoms with van der Waals surface area (Å²) in [6, 6.07) is 5.51. The van der Waals surface area contributed by atoms with Crippen LogP contribution in [0.15, 0.2) is 29.2 Å². The van der Waals surface area contributed by atoms with Crippen LogP contribution in [-0.2, 0) is 18.3 Å². The Balaban J connectivity index is 2.40. The Hall–Kier alpha value is -1.95. The number of ether oxygens (including phenoxy) is 1. The second-order valence-electron chi connectivity index (χ2n) is 3.60. The molecule has 0 aliphatic rings. The highest BCUT2D eigenvalue weighted by molar-refractivity contribution is 5.48. The highest BCUT2D eigenvalue weighted by Crippen LogP contribution is 2.09. The molecule has 0 spiro atoms. The van der Waals surface area contributed by atoms with Gasteiger partial charge in [0.25, 0.3) is 0 Å². The van der Waals surface area contributed by atoms with Gasteiger partial charge in [-0.3, -0.25) is 9.55 Å². The molecule has 2 heterocycles. The fourth-order valence-corrected chi connectivity index (χ4v) is 1.53. The van der Waals surface area contributed by atoms with Crippen molar-refractivity contribution < 1.29 is 4.74 Å². The lowest BCUT2D eigenvalue weighted by atomic mass is 10.3. The molecule has 0 unspecified atom stereocenters. The van der Waals surface area contributed by atoms with Crippen LogP contribution in [0.3, 0.4) is 0 Å². The predicted molar refractivity (Wildman–Crippen MR) is 62.6 cm³/mol. The molecule has 90 valence electrons. The molecule has 0 atom stereocenters. The van der Waals surface area contributed by atoms with E-state index in [1.165, 1.54) is 9.25 Å². The quantitative estimate of drug-likeness (QED) is 0.762. The van der Waals surface area contributed by atoms with Gasteiger partial charge in [0.2, 0.25) is 0 Å². The molecule has 0 N–H and O–H groups in total. The maximum Gasteiger partial charge on any atom is 0.346 e. The molecular weight excluding hydrogens is 220 g/mol. The summed E-state index contributed by atoms with van der Waals surface area (Å²) in [4.78, 5) is 16.0. The van der Waals surface area contributed by atoms with Crippen LogP contribution in [-0.4, -0.2) is 33.0 Å². The zero-order valence-corrected chi connectivity index (χ0v) is 9.83. The van der Waals surface area contributed by atoms with E-state index < -0.39 is 0 Å². The van der Waals surface area contributed by atoms with E-state index in [2.05, 4.69) is 10.1 Å². The summed E-state index contributed by atoms with van der Waals surface area (Å²) in [6.45, 7) is 0.897.